The van der Waals surface area contributed by atoms with Crippen LogP contribution >= 0.6 is 0 Å². The minimum atomic E-state index is -3.32. The highest BCUT2D eigenvalue weighted by molar-refractivity contribution is 7.88. The van der Waals surface area contributed by atoms with Crippen LogP contribution in [0.4, 0.5) is 0 Å². The van der Waals surface area contributed by atoms with E-state index in [1.54, 1.807) is 6.92 Å². The quantitative estimate of drug-likeness (QED) is 0.649. The summed E-state index contributed by atoms with van der Waals surface area (Å²) in [6, 6.07) is 7.68. The van der Waals surface area contributed by atoms with E-state index in [1.165, 1.54) is 4.31 Å². The second-order valence-electron chi connectivity index (χ2n) is 7.63. The fraction of sp³-hybridized carbons (Fsp3) is 0.524. The van der Waals surface area contributed by atoms with E-state index in [-0.39, 0.29) is 31.8 Å². The Morgan fingerprint density at radius 2 is 1.87 bits per heavy atom. The Morgan fingerprint density at radius 1 is 1.23 bits per heavy atom. The van der Waals surface area contributed by atoms with Crippen LogP contribution < -0.4 is 10.1 Å². The fourth-order valence-electron chi connectivity index (χ4n) is 3.98. The maximum absolute atomic E-state index is 12.9. The number of nitrogens with one attached hydrogen (secondary N) is 1. The third-order valence-electron chi connectivity index (χ3n) is 5.58. The molecular weight excluding hydrogens is 408 g/mol. The van der Waals surface area contributed by atoms with Crippen LogP contribution in [0, 0.1) is 0 Å². The van der Waals surface area contributed by atoms with Crippen molar-refractivity contribution in [2.75, 3.05) is 32.5 Å². The first-order chi connectivity index (χ1) is 14.2. The first-order valence-electron chi connectivity index (χ1n) is 10.1. The molecule has 0 atom stereocenters. The summed E-state index contributed by atoms with van der Waals surface area (Å²) in [6.45, 7) is 4.94. The molecule has 1 aromatic carbocycles. The summed E-state index contributed by atoms with van der Waals surface area (Å²) >= 11 is 0. The molecule has 0 bridgehead atoms. The van der Waals surface area contributed by atoms with Gasteiger partial charge in [0.15, 0.2) is 0 Å². The number of hydrogen-bond donors (Lipinski definition) is 1. The van der Waals surface area contributed by atoms with E-state index < -0.39 is 21.6 Å². The summed E-state index contributed by atoms with van der Waals surface area (Å²) < 4.78 is 35.9. The van der Waals surface area contributed by atoms with Crippen LogP contribution in [0.3, 0.4) is 0 Å². The van der Waals surface area contributed by atoms with Crippen LogP contribution in [0.2, 0.25) is 0 Å². The Morgan fingerprint density at radius 3 is 2.43 bits per heavy atom. The molecule has 30 heavy (non-hydrogen) atoms. The second-order valence-corrected chi connectivity index (χ2v) is 9.61. The molecule has 1 saturated heterocycles. The first kappa shape index (κ1) is 22.3. The summed E-state index contributed by atoms with van der Waals surface area (Å²) in [5.41, 5.74) is 0.624. The van der Waals surface area contributed by atoms with Gasteiger partial charge in [-0.3, -0.25) is 4.79 Å². The lowest BCUT2D eigenvalue weighted by Gasteiger charge is -2.38. The highest BCUT2D eigenvalue weighted by Gasteiger charge is 2.51. The number of sulfonamides is 1. The van der Waals surface area contributed by atoms with Crippen molar-refractivity contribution >= 4 is 21.9 Å². The summed E-state index contributed by atoms with van der Waals surface area (Å²) in [4.78, 5) is 25.1. The van der Waals surface area contributed by atoms with Crippen molar-refractivity contribution < 1.29 is 27.5 Å². The molecular formula is C21H28N2O6S. The second kappa shape index (κ2) is 8.77. The van der Waals surface area contributed by atoms with E-state index in [4.69, 9.17) is 9.47 Å². The fourth-order valence-corrected chi connectivity index (χ4v) is 4.83. The number of nitrogens with zero attached hydrogens (tertiary/aromatic N) is 1. The number of ether oxygens (including phenoxy) is 2. The molecule has 0 radical (unpaired) electrons. The van der Waals surface area contributed by atoms with Gasteiger partial charge in [-0.15, -0.1) is 0 Å². The maximum Gasteiger partial charge on any atom is 0.335 e. The maximum atomic E-state index is 12.9. The lowest BCUT2D eigenvalue weighted by molar-refractivity contribution is -0.150. The van der Waals surface area contributed by atoms with Crippen LogP contribution in [0.5, 0.6) is 5.75 Å². The molecule has 1 fully saturated rings. The van der Waals surface area contributed by atoms with Gasteiger partial charge in [0.1, 0.15) is 11.4 Å². The normalized spacial score (nSPS) is 19.1. The number of carbonyl (C=O) groups excluding carboxylic acids is 2. The Labute approximate surface area is 177 Å². The number of rotatable bonds is 7. The van der Waals surface area contributed by atoms with Crippen molar-refractivity contribution in [3.63, 3.8) is 0 Å². The average molecular weight is 437 g/mol. The number of benzene rings is 1. The number of piperidine rings is 1. The molecule has 1 N–H and O–H groups in total. The summed E-state index contributed by atoms with van der Waals surface area (Å²) in [7, 11) is -3.32. The van der Waals surface area contributed by atoms with Gasteiger partial charge in [0, 0.05) is 38.0 Å². The Kier molecular flexibility index (Phi) is 6.52. The van der Waals surface area contributed by atoms with Crippen LogP contribution in [-0.2, 0) is 30.8 Å². The number of esters is 1. The molecule has 8 nitrogen and oxygen atoms in total. The third-order valence-corrected chi connectivity index (χ3v) is 6.89. The predicted octanol–water partition coefficient (Wildman–Crippen LogP) is 1.41. The van der Waals surface area contributed by atoms with Crippen molar-refractivity contribution in [3.8, 4) is 5.75 Å². The standard InChI is InChI=1S/C21H28N2O6S/c1-4-28-17-7-5-16(6-8-17)9-12-22-19(24)18-15(2)20(25)29-21(18)10-13-23(14-11-21)30(3,26)27/h5-8H,4,9-14H2,1-3H3,(H,22,24). The van der Waals surface area contributed by atoms with Crippen LogP contribution in [0.1, 0.15) is 32.3 Å². The van der Waals surface area contributed by atoms with Crippen molar-refractivity contribution in [1.82, 2.24) is 9.62 Å². The molecule has 0 aromatic heterocycles. The smallest absolute Gasteiger partial charge is 0.335 e. The molecule has 164 valence electrons. The molecule has 0 unspecified atom stereocenters. The summed E-state index contributed by atoms with van der Waals surface area (Å²) in [6.07, 6.45) is 2.32. The van der Waals surface area contributed by atoms with E-state index in [9.17, 15) is 18.0 Å². The van der Waals surface area contributed by atoms with Gasteiger partial charge in [-0.25, -0.2) is 17.5 Å². The molecule has 1 aromatic rings. The molecule has 9 heteroatoms. The van der Waals surface area contributed by atoms with Gasteiger partial charge >= 0.3 is 5.97 Å². The molecule has 2 aliphatic rings. The van der Waals surface area contributed by atoms with Gasteiger partial charge in [0.25, 0.3) is 5.91 Å². The van der Waals surface area contributed by atoms with Crippen molar-refractivity contribution in [3.05, 3.63) is 41.0 Å². The Balaban J connectivity index is 1.64. The summed E-state index contributed by atoms with van der Waals surface area (Å²) in [5, 5.41) is 2.88. The molecule has 1 spiro atoms. The third kappa shape index (κ3) is 4.67. The van der Waals surface area contributed by atoms with Gasteiger partial charge in [0.05, 0.1) is 18.4 Å². The van der Waals surface area contributed by atoms with E-state index >= 15 is 0 Å². The van der Waals surface area contributed by atoms with Gasteiger partial charge < -0.3 is 14.8 Å². The number of carbonyl (C=O) groups is 2. The van der Waals surface area contributed by atoms with Crippen molar-refractivity contribution in [1.29, 1.82) is 0 Å². The molecule has 1 amide bonds. The Hall–Kier alpha value is -2.39. The molecule has 2 heterocycles. The number of hydrogen-bond acceptors (Lipinski definition) is 6. The van der Waals surface area contributed by atoms with Gasteiger partial charge in [0.2, 0.25) is 10.0 Å². The molecule has 0 saturated carbocycles. The predicted molar refractivity (Wildman–Crippen MR) is 111 cm³/mol. The van der Waals surface area contributed by atoms with Crippen LogP contribution in [0.15, 0.2) is 35.4 Å². The zero-order valence-electron chi connectivity index (χ0n) is 17.6. The van der Waals surface area contributed by atoms with Gasteiger partial charge in [-0.1, -0.05) is 12.1 Å². The van der Waals surface area contributed by atoms with E-state index in [2.05, 4.69) is 5.32 Å². The average Bonchev–Trinajstić information content (AvgIpc) is 2.92. The van der Waals surface area contributed by atoms with Crippen molar-refractivity contribution in [2.45, 2.75) is 38.7 Å². The van der Waals surface area contributed by atoms with Gasteiger partial charge in [-0.05, 0) is 38.0 Å². The lowest BCUT2D eigenvalue weighted by atomic mass is 9.83. The summed E-state index contributed by atoms with van der Waals surface area (Å²) in [5.74, 6) is -0.0494. The molecule has 3 rings (SSSR count). The topological polar surface area (TPSA) is 102 Å². The largest absolute Gasteiger partial charge is 0.494 e. The van der Waals surface area contributed by atoms with Crippen LogP contribution in [-0.4, -0.2) is 62.7 Å². The van der Waals surface area contributed by atoms with Crippen molar-refractivity contribution in [2.24, 2.45) is 0 Å². The monoisotopic (exact) mass is 436 g/mol. The minimum Gasteiger partial charge on any atom is -0.494 e. The SMILES string of the molecule is CCOc1ccc(CCNC(=O)C2=C(C)C(=O)OC23CCN(S(C)(=O)=O)CC3)cc1. The Bertz CT molecular complexity index is 944. The minimum absolute atomic E-state index is 0.211. The lowest BCUT2D eigenvalue weighted by Crippen LogP contribution is -2.50. The highest BCUT2D eigenvalue weighted by Crippen LogP contribution is 2.41. The van der Waals surface area contributed by atoms with E-state index in [0.717, 1.165) is 17.6 Å². The zero-order chi connectivity index (χ0) is 21.9. The highest BCUT2D eigenvalue weighted by atomic mass is 32.2. The van der Waals surface area contributed by atoms with Gasteiger partial charge in [-0.2, -0.15) is 0 Å². The first-order valence-corrected chi connectivity index (χ1v) is 11.9. The molecule has 2 aliphatic heterocycles. The van der Waals surface area contributed by atoms with Crippen LogP contribution in [0.25, 0.3) is 0 Å². The van der Waals surface area contributed by atoms with E-state index in [1.807, 2.05) is 31.2 Å². The molecule has 0 aliphatic carbocycles. The number of amides is 1. The van der Waals surface area contributed by atoms with E-state index in [0.29, 0.717) is 30.7 Å². The zero-order valence-corrected chi connectivity index (χ0v) is 18.4.